The van der Waals surface area contributed by atoms with Gasteiger partial charge in [0, 0.05) is 33.2 Å². The van der Waals surface area contributed by atoms with Crippen LogP contribution in [-0.2, 0) is 23.7 Å². The molecule has 1 aliphatic rings. The van der Waals surface area contributed by atoms with Crippen LogP contribution >= 0.6 is 12.2 Å². The van der Waals surface area contributed by atoms with Crippen LogP contribution in [0, 0.1) is 4.77 Å². The molecule has 0 bridgehead atoms. The molecule has 0 atom stereocenters. The Kier molecular flexibility index (Phi) is 4.90. The lowest BCUT2D eigenvalue weighted by Crippen LogP contribution is -2.48. The van der Waals surface area contributed by atoms with Gasteiger partial charge in [-0.1, -0.05) is 30.3 Å². The number of aromatic nitrogens is 2. The molecule has 3 aromatic rings. The maximum atomic E-state index is 12.8. The molecule has 27 heavy (non-hydrogen) atoms. The molecule has 0 N–H and O–H groups in total. The minimum absolute atomic E-state index is 0.356. The summed E-state index contributed by atoms with van der Waals surface area (Å²) in [5.41, 5.74) is 2.21. The molecule has 1 aliphatic heterocycles. The van der Waals surface area contributed by atoms with Crippen molar-refractivity contribution in [2.24, 2.45) is 7.05 Å². The third-order valence-corrected chi connectivity index (χ3v) is 7.51. The summed E-state index contributed by atoms with van der Waals surface area (Å²) < 4.78 is 32.0. The van der Waals surface area contributed by atoms with E-state index >= 15 is 0 Å². The molecule has 8 heteroatoms. The summed E-state index contributed by atoms with van der Waals surface area (Å²) in [7, 11) is -1.44. The van der Waals surface area contributed by atoms with Crippen molar-refractivity contribution in [3.05, 3.63) is 59.4 Å². The van der Waals surface area contributed by atoms with E-state index < -0.39 is 10.0 Å². The molecule has 2 aromatic carbocycles. The summed E-state index contributed by atoms with van der Waals surface area (Å²) in [4.78, 5) is 2.61. The maximum Gasteiger partial charge on any atom is 0.243 e. The molecular formula is C19H22N4O2S2. The van der Waals surface area contributed by atoms with E-state index in [0.29, 0.717) is 37.7 Å². The van der Waals surface area contributed by atoms with Gasteiger partial charge in [0.05, 0.1) is 22.6 Å². The van der Waals surface area contributed by atoms with Crippen LogP contribution in [0.15, 0.2) is 59.5 Å². The SMILES string of the molecule is Cn1c(=S)n(CN2CCN(S(=O)(=O)c3ccccc3)CC2)c2ccccc21. The number of sulfonamides is 1. The van der Waals surface area contributed by atoms with Crippen molar-refractivity contribution in [2.45, 2.75) is 11.6 Å². The molecule has 1 saturated heterocycles. The molecule has 0 spiro atoms. The summed E-state index contributed by atoms with van der Waals surface area (Å²) in [5.74, 6) is 0. The van der Waals surface area contributed by atoms with Gasteiger partial charge in [-0.25, -0.2) is 8.42 Å². The fraction of sp³-hybridized carbons (Fsp3) is 0.316. The zero-order chi connectivity index (χ0) is 19.0. The van der Waals surface area contributed by atoms with E-state index in [2.05, 4.69) is 21.6 Å². The quantitative estimate of drug-likeness (QED) is 0.630. The van der Waals surface area contributed by atoms with Crippen LogP contribution in [0.5, 0.6) is 0 Å². The summed E-state index contributed by atoms with van der Waals surface area (Å²) in [6.45, 7) is 2.98. The highest BCUT2D eigenvalue weighted by molar-refractivity contribution is 7.89. The first kappa shape index (κ1) is 18.4. The minimum atomic E-state index is -3.42. The van der Waals surface area contributed by atoms with Gasteiger partial charge in [-0.15, -0.1) is 0 Å². The highest BCUT2D eigenvalue weighted by Gasteiger charge is 2.28. The number of fused-ring (bicyclic) bond motifs is 1. The fourth-order valence-electron chi connectivity index (χ4n) is 3.55. The molecule has 2 heterocycles. The van der Waals surface area contributed by atoms with E-state index in [-0.39, 0.29) is 0 Å². The summed E-state index contributed by atoms with van der Waals surface area (Å²) >= 11 is 5.60. The van der Waals surface area contributed by atoms with Gasteiger partial charge in [-0.05, 0) is 36.5 Å². The number of aryl methyl sites for hydroxylation is 1. The fourth-order valence-corrected chi connectivity index (χ4v) is 5.25. The van der Waals surface area contributed by atoms with Gasteiger partial charge in [0.2, 0.25) is 10.0 Å². The van der Waals surface area contributed by atoms with Crippen LogP contribution in [0.2, 0.25) is 0 Å². The van der Waals surface area contributed by atoms with Gasteiger partial charge in [0.1, 0.15) is 0 Å². The summed E-state index contributed by atoms with van der Waals surface area (Å²) in [6.07, 6.45) is 0. The Bertz CT molecular complexity index is 1110. The average Bonchev–Trinajstić information content (AvgIpc) is 2.94. The number of rotatable bonds is 4. The lowest BCUT2D eigenvalue weighted by molar-refractivity contribution is 0.153. The van der Waals surface area contributed by atoms with Crippen LogP contribution in [-0.4, -0.2) is 52.9 Å². The molecule has 1 aromatic heterocycles. The number of para-hydroxylation sites is 2. The predicted molar refractivity (Wildman–Crippen MR) is 109 cm³/mol. The number of nitrogens with zero attached hydrogens (tertiary/aromatic N) is 4. The van der Waals surface area contributed by atoms with E-state index in [1.807, 2.05) is 29.8 Å². The van der Waals surface area contributed by atoms with E-state index in [4.69, 9.17) is 12.2 Å². The molecule has 0 unspecified atom stereocenters. The number of hydrogen-bond donors (Lipinski definition) is 0. The van der Waals surface area contributed by atoms with Gasteiger partial charge in [0.25, 0.3) is 0 Å². The van der Waals surface area contributed by atoms with Crippen molar-refractivity contribution in [1.29, 1.82) is 0 Å². The minimum Gasteiger partial charge on any atom is -0.320 e. The second kappa shape index (κ2) is 7.20. The van der Waals surface area contributed by atoms with Crippen molar-refractivity contribution in [2.75, 3.05) is 26.2 Å². The average molecular weight is 403 g/mol. The van der Waals surface area contributed by atoms with Gasteiger partial charge < -0.3 is 9.13 Å². The Labute approximate surface area is 164 Å². The standard InChI is InChI=1S/C19H22N4O2S2/c1-20-17-9-5-6-10-18(17)23(19(20)26)15-21-11-13-22(14-12-21)27(24,25)16-7-3-2-4-8-16/h2-10H,11-15H2,1H3. The third kappa shape index (κ3) is 3.34. The molecule has 0 aliphatic carbocycles. The molecule has 0 saturated carbocycles. The molecule has 4 rings (SSSR count). The molecule has 0 radical (unpaired) electrons. The van der Waals surface area contributed by atoms with Crippen LogP contribution in [0.3, 0.4) is 0 Å². The van der Waals surface area contributed by atoms with E-state index in [0.717, 1.165) is 15.8 Å². The molecule has 142 valence electrons. The Morgan fingerprint density at radius 3 is 2.15 bits per heavy atom. The number of hydrogen-bond acceptors (Lipinski definition) is 4. The first-order valence-corrected chi connectivity index (χ1v) is 10.7. The number of imidazole rings is 1. The zero-order valence-corrected chi connectivity index (χ0v) is 16.8. The Morgan fingerprint density at radius 1 is 0.889 bits per heavy atom. The maximum absolute atomic E-state index is 12.8. The lowest BCUT2D eigenvalue weighted by atomic mass is 10.3. The van der Waals surface area contributed by atoms with Crippen LogP contribution < -0.4 is 0 Å². The van der Waals surface area contributed by atoms with Crippen LogP contribution in [0.25, 0.3) is 11.0 Å². The second-order valence-electron chi connectivity index (χ2n) is 6.73. The van der Waals surface area contributed by atoms with E-state index in [1.54, 1.807) is 28.6 Å². The normalized spacial score (nSPS) is 16.8. The van der Waals surface area contributed by atoms with Gasteiger partial charge in [-0.2, -0.15) is 4.31 Å². The first-order valence-electron chi connectivity index (χ1n) is 8.90. The lowest BCUT2D eigenvalue weighted by Gasteiger charge is -2.34. The van der Waals surface area contributed by atoms with Gasteiger partial charge >= 0.3 is 0 Å². The number of piperazine rings is 1. The van der Waals surface area contributed by atoms with Gasteiger partial charge in [-0.3, -0.25) is 4.90 Å². The second-order valence-corrected chi connectivity index (χ2v) is 9.04. The highest BCUT2D eigenvalue weighted by Crippen LogP contribution is 2.20. The zero-order valence-electron chi connectivity index (χ0n) is 15.2. The molecule has 1 fully saturated rings. The Hall–Kier alpha value is -2.00. The third-order valence-electron chi connectivity index (χ3n) is 5.11. The summed E-state index contributed by atoms with van der Waals surface area (Å²) in [6, 6.07) is 16.8. The molecular weight excluding hydrogens is 380 g/mol. The van der Waals surface area contributed by atoms with Crippen molar-refractivity contribution in [3.63, 3.8) is 0 Å². The first-order chi connectivity index (χ1) is 13.0. The van der Waals surface area contributed by atoms with Crippen molar-refractivity contribution in [3.8, 4) is 0 Å². The predicted octanol–water partition coefficient (Wildman–Crippen LogP) is 2.67. The van der Waals surface area contributed by atoms with Gasteiger partial charge in [0.15, 0.2) is 4.77 Å². The highest BCUT2D eigenvalue weighted by atomic mass is 32.2. The molecule has 6 nitrogen and oxygen atoms in total. The van der Waals surface area contributed by atoms with E-state index in [9.17, 15) is 8.42 Å². The van der Waals surface area contributed by atoms with E-state index in [1.165, 1.54) is 0 Å². The van der Waals surface area contributed by atoms with Crippen molar-refractivity contribution in [1.82, 2.24) is 18.3 Å². The topological polar surface area (TPSA) is 50.5 Å². The Balaban J connectivity index is 1.50. The van der Waals surface area contributed by atoms with Crippen molar-refractivity contribution < 1.29 is 8.42 Å². The van der Waals surface area contributed by atoms with Crippen LogP contribution in [0.1, 0.15) is 0 Å². The summed E-state index contributed by atoms with van der Waals surface area (Å²) in [5, 5.41) is 0. The largest absolute Gasteiger partial charge is 0.320 e. The van der Waals surface area contributed by atoms with Crippen LogP contribution in [0.4, 0.5) is 0 Å². The smallest absolute Gasteiger partial charge is 0.243 e. The molecule has 0 amide bonds. The number of benzene rings is 2. The van der Waals surface area contributed by atoms with Crippen molar-refractivity contribution >= 4 is 33.3 Å². The Morgan fingerprint density at radius 2 is 1.48 bits per heavy atom. The monoisotopic (exact) mass is 402 g/mol.